The van der Waals surface area contributed by atoms with E-state index in [2.05, 4.69) is 271 Å². The van der Waals surface area contributed by atoms with Crippen molar-refractivity contribution in [1.29, 1.82) is 0 Å². The molecule has 0 unspecified atom stereocenters. The standard InChI is InChI=1S/C72H58N2S/c1-69(2)57-25-14-10-20-48(57)53-39-43(32-36-60(53)69)73(64-29-18-28-62-67(64)52-22-12-16-27-59(52)71(62,5)6)45-34-38-66-55(41-45)51-23-17-30-65(68(51)75-66)74(44-33-37-61-54(40-44)49-21-11-15-26-58(49)70(61,3)4)46-31-35-50-47-19-9-13-24-56(47)72(7,8)63(50)42-46/h9-42H,1-8H3. The highest BCUT2D eigenvalue weighted by Crippen LogP contribution is 2.58. The average molecular weight is 983 g/mol. The van der Waals surface area contributed by atoms with Crippen molar-refractivity contribution in [3.05, 3.63) is 251 Å². The maximum atomic E-state index is 2.55. The van der Waals surface area contributed by atoms with Crippen LogP contribution in [0, 0.1) is 0 Å². The predicted molar refractivity (Wildman–Crippen MR) is 319 cm³/mol. The van der Waals surface area contributed by atoms with Gasteiger partial charge in [-0.15, -0.1) is 11.3 Å². The maximum Gasteiger partial charge on any atom is 0.0640 e. The topological polar surface area (TPSA) is 6.48 Å². The molecular formula is C72H58N2S. The summed E-state index contributed by atoms with van der Waals surface area (Å²) in [7, 11) is 0. The fourth-order valence-electron chi connectivity index (χ4n) is 14.4. The van der Waals surface area contributed by atoms with Gasteiger partial charge < -0.3 is 9.80 Å². The van der Waals surface area contributed by atoms with Crippen LogP contribution >= 0.6 is 11.3 Å². The minimum absolute atomic E-state index is 0.0873. The highest BCUT2D eigenvalue weighted by molar-refractivity contribution is 7.26. The summed E-state index contributed by atoms with van der Waals surface area (Å²) in [5, 5.41) is 2.52. The third-order valence-electron chi connectivity index (χ3n) is 18.3. The zero-order valence-corrected chi connectivity index (χ0v) is 44.7. The molecule has 15 rings (SSSR count). The molecule has 0 amide bonds. The quantitative estimate of drug-likeness (QED) is 0.164. The number of hydrogen-bond donors (Lipinski definition) is 0. The molecule has 11 aromatic rings. The number of hydrogen-bond acceptors (Lipinski definition) is 3. The largest absolute Gasteiger partial charge is 0.310 e. The van der Waals surface area contributed by atoms with E-state index < -0.39 is 0 Å². The Morgan fingerprint density at radius 3 is 1.29 bits per heavy atom. The molecule has 0 aliphatic heterocycles. The summed E-state index contributed by atoms with van der Waals surface area (Å²) in [6.07, 6.45) is 0. The minimum Gasteiger partial charge on any atom is -0.310 e. The molecule has 0 saturated heterocycles. The highest BCUT2D eigenvalue weighted by Gasteiger charge is 2.41. The van der Waals surface area contributed by atoms with E-state index in [1.165, 1.54) is 126 Å². The molecule has 0 fully saturated rings. The second kappa shape index (κ2) is 15.3. The lowest BCUT2D eigenvalue weighted by molar-refractivity contribution is 0.660. The van der Waals surface area contributed by atoms with Gasteiger partial charge in [0.25, 0.3) is 0 Å². The van der Waals surface area contributed by atoms with E-state index in [0.717, 1.165) is 17.1 Å². The van der Waals surface area contributed by atoms with E-state index in [0.29, 0.717) is 0 Å². The lowest BCUT2D eigenvalue weighted by Gasteiger charge is -2.30. The van der Waals surface area contributed by atoms with Gasteiger partial charge in [-0.1, -0.05) is 195 Å². The molecule has 4 aliphatic carbocycles. The Hall–Kier alpha value is -7.98. The Balaban J connectivity index is 0.945. The summed E-state index contributed by atoms with van der Waals surface area (Å²) in [5.41, 5.74) is 28.2. The van der Waals surface area contributed by atoms with Crippen molar-refractivity contribution in [1.82, 2.24) is 0 Å². The summed E-state index contributed by atoms with van der Waals surface area (Å²) in [6.45, 7) is 19.0. The Bertz CT molecular complexity index is 4270. The normalized spacial score (nSPS) is 15.9. The predicted octanol–water partition coefficient (Wildman–Crippen LogP) is 20.2. The van der Waals surface area contributed by atoms with Crippen LogP contribution in [-0.4, -0.2) is 0 Å². The fraction of sp³-hybridized carbons (Fsp3) is 0.167. The first kappa shape index (κ1) is 44.5. The molecule has 10 aromatic carbocycles. The zero-order chi connectivity index (χ0) is 50.9. The van der Waals surface area contributed by atoms with E-state index >= 15 is 0 Å². The number of rotatable bonds is 6. The van der Waals surface area contributed by atoms with E-state index in [-0.39, 0.29) is 21.7 Å². The van der Waals surface area contributed by atoms with Gasteiger partial charge in [0.05, 0.1) is 16.1 Å². The van der Waals surface area contributed by atoms with Crippen molar-refractivity contribution >= 4 is 65.6 Å². The van der Waals surface area contributed by atoms with Gasteiger partial charge in [0, 0.05) is 65.4 Å². The number of nitrogens with zero attached hydrogens (tertiary/aromatic N) is 2. The van der Waals surface area contributed by atoms with Crippen molar-refractivity contribution in [2.75, 3.05) is 9.80 Å². The van der Waals surface area contributed by atoms with Gasteiger partial charge in [0.15, 0.2) is 0 Å². The third kappa shape index (κ3) is 6.02. The smallest absolute Gasteiger partial charge is 0.0640 e. The van der Waals surface area contributed by atoms with Gasteiger partial charge in [0.2, 0.25) is 0 Å². The Morgan fingerprint density at radius 1 is 0.280 bits per heavy atom. The fourth-order valence-corrected chi connectivity index (χ4v) is 15.6. The van der Waals surface area contributed by atoms with Crippen molar-refractivity contribution in [3.63, 3.8) is 0 Å². The van der Waals surface area contributed by atoms with Gasteiger partial charge in [-0.2, -0.15) is 0 Å². The average Bonchev–Trinajstić information content (AvgIpc) is 4.21. The first-order valence-electron chi connectivity index (χ1n) is 26.7. The maximum absolute atomic E-state index is 2.55. The molecule has 4 aliphatic rings. The Kier molecular flexibility index (Phi) is 9.08. The molecule has 0 atom stereocenters. The summed E-state index contributed by atoms with van der Waals surface area (Å²) in [4.78, 5) is 5.10. The molecule has 75 heavy (non-hydrogen) atoms. The molecule has 1 aromatic heterocycles. The lowest BCUT2D eigenvalue weighted by atomic mass is 9.82. The molecule has 0 N–H and O–H groups in total. The van der Waals surface area contributed by atoms with Crippen LogP contribution in [-0.2, 0) is 21.7 Å². The number of fused-ring (bicyclic) bond motifs is 15. The zero-order valence-electron chi connectivity index (χ0n) is 43.9. The SMILES string of the molecule is CC1(C)c2ccccc2-c2cc(N(c3ccc4sc5c(N(c6ccc7c(c6)-c6ccccc6C7(C)C)c6ccc7c(c6)C(C)(C)c6ccccc6-7)cccc5c4c3)c3cccc4c3-c3ccccc3C4(C)C)ccc21. The molecule has 0 radical (unpaired) electrons. The van der Waals surface area contributed by atoms with Gasteiger partial charge in [-0.3, -0.25) is 0 Å². The number of benzene rings is 10. The molecule has 2 nitrogen and oxygen atoms in total. The van der Waals surface area contributed by atoms with Crippen molar-refractivity contribution in [2.24, 2.45) is 0 Å². The molecule has 0 spiro atoms. The molecule has 3 heteroatoms. The van der Waals surface area contributed by atoms with E-state index in [9.17, 15) is 0 Å². The van der Waals surface area contributed by atoms with Gasteiger partial charge >= 0.3 is 0 Å². The second-order valence-electron chi connectivity index (χ2n) is 23.7. The summed E-state index contributed by atoms with van der Waals surface area (Å²) >= 11 is 1.91. The van der Waals surface area contributed by atoms with Crippen LogP contribution in [0.4, 0.5) is 34.1 Å². The third-order valence-corrected chi connectivity index (χ3v) is 19.5. The second-order valence-corrected chi connectivity index (χ2v) is 24.7. The monoisotopic (exact) mass is 982 g/mol. The number of anilines is 6. The first-order valence-corrected chi connectivity index (χ1v) is 27.6. The molecule has 0 bridgehead atoms. The van der Waals surface area contributed by atoms with Crippen LogP contribution in [0.3, 0.4) is 0 Å². The highest BCUT2D eigenvalue weighted by atomic mass is 32.1. The van der Waals surface area contributed by atoms with Crippen molar-refractivity contribution in [2.45, 2.75) is 77.0 Å². The van der Waals surface area contributed by atoms with Crippen molar-refractivity contribution in [3.8, 4) is 44.5 Å². The van der Waals surface area contributed by atoms with Crippen LogP contribution in [0.15, 0.2) is 206 Å². The van der Waals surface area contributed by atoms with E-state index in [1.807, 2.05) is 11.3 Å². The molecule has 362 valence electrons. The van der Waals surface area contributed by atoms with E-state index in [1.54, 1.807) is 0 Å². The van der Waals surface area contributed by atoms with Gasteiger partial charge in [0.1, 0.15) is 0 Å². The number of thiophene rings is 1. The summed E-state index contributed by atoms with van der Waals surface area (Å²) < 4.78 is 2.54. The molecule has 1 heterocycles. The van der Waals surface area contributed by atoms with Crippen LogP contribution in [0.2, 0.25) is 0 Å². The minimum atomic E-state index is -0.143. The van der Waals surface area contributed by atoms with E-state index in [4.69, 9.17) is 0 Å². The first-order chi connectivity index (χ1) is 36.2. The summed E-state index contributed by atoms with van der Waals surface area (Å²) in [5.74, 6) is 0. The summed E-state index contributed by atoms with van der Waals surface area (Å²) in [6, 6.07) is 78.9. The Labute approximate surface area is 445 Å². The van der Waals surface area contributed by atoms with Gasteiger partial charge in [-0.05, 0) is 150 Å². The lowest BCUT2D eigenvalue weighted by Crippen LogP contribution is -2.17. The molecular weight excluding hydrogens is 925 g/mol. The van der Waals surface area contributed by atoms with Crippen LogP contribution in [0.1, 0.15) is 99.9 Å². The van der Waals surface area contributed by atoms with Gasteiger partial charge in [-0.25, -0.2) is 0 Å². The van der Waals surface area contributed by atoms with Crippen LogP contribution < -0.4 is 9.80 Å². The Morgan fingerprint density at radius 2 is 0.680 bits per heavy atom. The van der Waals surface area contributed by atoms with Crippen LogP contribution in [0.25, 0.3) is 64.7 Å². The molecule has 0 saturated carbocycles. The van der Waals surface area contributed by atoms with Crippen molar-refractivity contribution < 1.29 is 0 Å². The van der Waals surface area contributed by atoms with Crippen LogP contribution in [0.5, 0.6) is 0 Å².